The highest BCUT2D eigenvalue weighted by Gasteiger charge is 2.10. The van der Waals surface area contributed by atoms with Gasteiger partial charge in [0.1, 0.15) is 25.1 Å². The number of carbonyl (C=O) groups excluding carboxylic acids is 1. The second-order valence-corrected chi connectivity index (χ2v) is 4.82. The van der Waals surface area contributed by atoms with Gasteiger partial charge in [-0.25, -0.2) is 4.79 Å². The highest BCUT2D eigenvalue weighted by Crippen LogP contribution is 2.16. The molecule has 0 radical (unpaired) electrons. The summed E-state index contributed by atoms with van der Waals surface area (Å²) in [6, 6.07) is 16.5. The van der Waals surface area contributed by atoms with E-state index in [-0.39, 0.29) is 13.2 Å². The Bertz CT molecular complexity index is 601. The van der Waals surface area contributed by atoms with Crippen molar-refractivity contribution in [1.29, 1.82) is 0 Å². The summed E-state index contributed by atoms with van der Waals surface area (Å²) >= 11 is 0. The third-order valence-electron chi connectivity index (χ3n) is 2.95. The molecule has 0 saturated heterocycles. The monoisotopic (exact) mass is 301 g/mol. The molecule has 116 valence electrons. The van der Waals surface area contributed by atoms with Crippen molar-refractivity contribution in [2.24, 2.45) is 0 Å². The predicted octanol–water partition coefficient (Wildman–Crippen LogP) is 2.98. The lowest BCUT2D eigenvalue weighted by atomic mass is 10.2. The Morgan fingerprint density at radius 1 is 1.09 bits per heavy atom. The Morgan fingerprint density at radius 3 is 2.50 bits per heavy atom. The summed E-state index contributed by atoms with van der Waals surface area (Å²) in [6.07, 6.45) is -1.50. The van der Waals surface area contributed by atoms with Gasteiger partial charge in [-0.1, -0.05) is 36.4 Å². The molecule has 0 aliphatic heterocycles. The zero-order valence-electron chi connectivity index (χ0n) is 12.4. The van der Waals surface area contributed by atoms with E-state index in [1.54, 1.807) is 24.3 Å². The van der Waals surface area contributed by atoms with Gasteiger partial charge in [0.15, 0.2) is 0 Å². The molecule has 2 rings (SSSR count). The topological polar surface area (TPSA) is 67.8 Å². The SMILES string of the molecule is Cc1ccccc1OCC(O)COC(=O)Nc1ccccc1. The number of aliphatic hydroxyl groups excluding tert-OH is 1. The molecule has 1 atom stereocenters. The standard InChI is InChI=1S/C17H19NO4/c1-13-7-5-6-10-16(13)21-11-15(19)12-22-17(20)18-14-8-3-2-4-9-14/h2-10,15,19H,11-12H2,1H3,(H,18,20). The minimum atomic E-state index is -0.888. The maximum absolute atomic E-state index is 11.6. The molecule has 1 amide bonds. The number of carbonyl (C=O) groups is 1. The first-order chi connectivity index (χ1) is 10.6. The predicted molar refractivity (Wildman–Crippen MR) is 84.1 cm³/mol. The van der Waals surface area contributed by atoms with Crippen molar-refractivity contribution in [1.82, 2.24) is 0 Å². The van der Waals surface area contributed by atoms with Crippen LogP contribution in [0.4, 0.5) is 10.5 Å². The van der Waals surface area contributed by atoms with E-state index >= 15 is 0 Å². The lowest BCUT2D eigenvalue weighted by Gasteiger charge is -2.14. The quantitative estimate of drug-likeness (QED) is 0.860. The van der Waals surface area contributed by atoms with Crippen molar-refractivity contribution < 1.29 is 19.4 Å². The summed E-state index contributed by atoms with van der Waals surface area (Å²) in [5.41, 5.74) is 1.62. The van der Waals surface area contributed by atoms with Crippen LogP contribution in [0.3, 0.4) is 0 Å². The molecule has 0 fully saturated rings. The molecule has 5 nitrogen and oxygen atoms in total. The number of anilines is 1. The lowest BCUT2D eigenvalue weighted by molar-refractivity contribution is 0.0432. The molecule has 0 spiro atoms. The van der Waals surface area contributed by atoms with E-state index in [0.29, 0.717) is 11.4 Å². The molecule has 1 unspecified atom stereocenters. The van der Waals surface area contributed by atoms with Crippen LogP contribution in [-0.4, -0.2) is 30.5 Å². The van der Waals surface area contributed by atoms with Gasteiger partial charge < -0.3 is 14.6 Å². The van der Waals surface area contributed by atoms with Crippen molar-refractivity contribution in [2.75, 3.05) is 18.5 Å². The summed E-state index contributed by atoms with van der Waals surface area (Å²) in [5.74, 6) is 0.704. The van der Waals surface area contributed by atoms with E-state index in [4.69, 9.17) is 9.47 Å². The summed E-state index contributed by atoms with van der Waals surface area (Å²) < 4.78 is 10.4. The second kappa shape index (κ2) is 8.05. The van der Waals surface area contributed by atoms with Crippen LogP contribution in [-0.2, 0) is 4.74 Å². The van der Waals surface area contributed by atoms with Gasteiger partial charge in [0, 0.05) is 5.69 Å². The number of aliphatic hydroxyl groups is 1. The zero-order valence-corrected chi connectivity index (χ0v) is 12.4. The molecule has 22 heavy (non-hydrogen) atoms. The van der Waals surface area contributed by atoms with Crippen LogP contribution >= 0.6 is 0 Å². The molecular weight excluding hydrogens is 282 g/mol. The number of nitrogens with one attached hydrogen (secondary N) is 1. The largest absolute Gasteiger partial charge is 0.490 e. The zero-order chi connectivity index (χ0) is 15.8. The highest BCUT2D eigenvalue weighted by molar-refractivity contribution is 5.84. The summed E-state index contributed by atoms with van der Waals surface area (Å²) in [5, 5.41) is 12.4. The van der Waals surface area contributed by atoms with Crippen molar-refractivity contribution in [3.05, 3.63) is 60.2 Å². The third kappa shape index (κ3) is 5.10. The van der Waals surface area contributed by atoms with Gasteiger partial charge in [0.25, 0.3) is 0 Å². The second-order valence-electron chi connectivity index (χ2n) is 4.82. The first-order valence-electron chi connectivity index (χ1n) is 7.00. The minimum Gasteiger partial charge on any atom is -0.490 e. The molecule has 0 aliphatic carbocycles. The van der Waals surface area contributed by atoms with Crippen LogP contribution in [0.15, 0.2) is 54.6 Å². The molecule has 5 heteroatoms. The number of hydrogen-bond donors (Lipinski definition) is 2. The van der Waals surface area contributed by atoms with E-state index in [0.717, 1.165) is 5.56 Å². The number of para-hydroxylation sites is 2. The number of aryl methyl sites for hydroxylation is 1. The Kier molecular flexibility index (Phi) is 5.80. The molecule has 0 aromatic heterocycles. The molecular formula is C17H19NO4. The average Bonchev–Trinajstić information content (AvgIpc) is 2.53. The van der Waals surface area contributed by atoms with Crippen molar-refractivity contribution >= 4 is 11.8 Å². The Labute approximate surface area is 129 Å². The van der Waals surface area contributed by atoms with Crippen molar-refractivity contribution in [2.45, 2.75) is 13.0 Å². The van der Waals surface area contributed by atoms with Crippen LogP contribution in [0.1, 0.15) is 5.56 Å². The van der Waals surface area contributed by atoms with Gasteiger partial charge in [-0.15, -0.1) is 0 Å². The molecule has 2 aromatic carbocycles. The lowest BCUT2D eigenvalue weighted by Crippen LogP contribution is -2.27. The van der Waals surface area contributed by atoms with Crippen LogP contribution in [0.5, 0.6) is 5.75 Å². The fourth-order valence-corrected chi connectivity index (χ4v) is 1.80. The summed E-state index contributed by atoms with van der Waals surface area (Å²) in [4.78, 5) is 11.6. The molecule has 2 aromatic rings. The van der Waals surface area contributed by atoms with Crippen LogP contribution in [0.25, 0.3) is 0 Å². The van der Waals surface area contributed by atoms with Gasteiger partial charge in [0.05, 0.1) is 0 Å². The number of ether oxygens (including phenoxy) is 2. The van der Waals surface area contributed by atoms with E-state index in [1.807, 2.05) is 37.3 Å². The number of benzene rings is 2. The highest BCUT2D eigenvalue weighted by atomic mass is 16.6. The number of rotatable bonds is 6. The molecule has 0 heterocycles. The Morgan fingerprint density at radius 2 is 1.77 bits per heavy atom. The molecule has 0 saturated carbocycles. The maximum atomic E-state index is 11.6. The first kappa shape index (κ1) is 15.9. The van der Waals surface area contributed by atoms with Gasteiger partial charge in [-0.2, -0.15) is 0 Å². The summed E-state index contributed by atoms with van der Waals surface area (Å²) in [6.45, 7) is 1.85. The Hall–Kier alpha value is -2.53. The van der Waals surface area contributed by atoms with Crippen LogP contribution in [0, 0.1) is 6.92 Å². The van der Waals surface area contributed by atoms with Gasteiger partial charge in [-0.05, 0) is 30.7 Å². The van der Waals surface area contributed by atoms with E-state index in [9.17, 15) is 9.90 Å². The van der Waals surface area contributed by atoms with Crippen LogP contribution in [0.2, 0.25) is 0 Å². The average molecular weight is 301 g/mol. The number of hydrogen-bond acceptors (Lipinski definition) is 4. The smallest absolute Gasteiger partial charge is 0.411 e. The number of amides is 1. The van der Waals surface area contributed by atoms with Crippen molar-refractivity contribution in [3.8, 4) is 5.75 Å². The molecule has 0 aliphatic rings. The van der Waals surface area contributed by atoms with E-state index in [2.05, 4.69) is 5.32 Å². The maximum Gasteiger partial charge on any atom is 0.411 e. The van der Waals surface area contributed by atoms with E-state index < -0.39 is 12.2 Å². The van der Waals surface area contributed by atoms with Crippen LogP contribution < -0.4 is 10.1 Å². The minimum absolute atomic E-state index is 0.0590. The molecule has 2 N–H and O–H groups in total. The van der Waals surface area contributed by atoms with Crippen molar-refractivity contribution in [3.63, 3.8) is 0 Å². The van der Waals surface area contributed by atoms with Gasteiger partial charge >= 0.3 is 6.09 Å². The normalized spacial score (nSPS) is 11.5. The van der Waals surface area contributed by atoms with Gasteiger partial charge in [-0.3, -0.25) is 5.32 Å². The van der Waals surface area contributed by atoms with Gasteiger partial charge in [0.2, 0.25) is 0 Å². The van der Waals surface area contributed by atoms with E-state index in [1.165, 1.54) is 0 Å². The molecule has 0 bridgehead atoms. The fourth-order valence-electron chi connectivity index (χ4n) is 1.80. The Balaban J connectivity index is 1.70. The fraction of sp³-hybridized carbons (Fsp3) is 0.235. The summed E-state index contributed by atoms with van der Waals surface area (Å²) in [7, 11) is 0. The third-order valence-corrected chi connectivity index (χ3v) is 2.95. The first-order valence-corrected chi connectivity index (χ1v) is 7.00.